The molecule has 2 nitrogen and oxygen atoms in total. The van der Waals surface area contributed by atoms with Crippen LogP contribution in [0.25, 0.3) is 5.57 Å². The van der Waals surface area contributed by atoms with Gasteiger partial charge in [-0.1, -0.05) is 43.2 Å². The molecule has 2 rings (SSSR count). The van der Waals surface area contributed by atoms with Gasteiger partial charge in [-0.2, -0.15) is 0 Å². The zero-order valence-corrected chi connectivity index (χ0v) is 10.5. The van der Waals surface area contributed by atoms with Gasteiger partial charge >= 0.3 is 5.97 Å². The van der Waals surface area contributed by atoms with Crippen molar-refractivity contribution in [2.75, 3.05) is 6.61 Å². The number of hydrogen-bond acceptors (Lipinski definition) is 2. The minimum Gasteiger partial charge on any atom is -0.462 e. The molecule has 1 aliphatic carbocycles. The Morgan fingerprint density at radius 2 is 2.12 bits per heavy atom. The lowest BCUT2D eigenvalue weighted by atomic mass is 10.1. The van der Waals surface area contributed by atoms with E-state index in [0.717, 1.165) is 36.0 Å². The SMILES string of the molecule is CCCCOC(=O)C1=C(C)Cc2ccccc21. The van der Waals surface area contributed by atoms with E-state index in [0.29, 0.717) is 6.61 Å². The van der Waals surface area contributed by atoms with Crippen LogP contribution in [0.3, 0.4) is 0 Å². The van der Waals surface area contributed by atoms with Crippen LogP contribution in [0.1, 0.15) is 37.8 Å². The third-order valence-electron chi connectivity index (χ3n) is 3.10. The summed E-state index contributed by atoms with van der Waals surface area (Å²) in [5.41, 5.74) is 4.17. The van der Waals surface area contributed by atoms with Gasteiger partial charge in [0.25, 0.3) is 0 Å². The highest BCUT2D eigenvalue weighted by atomic mass is 16.5. The second-order valence-electron chi connectivity index (χ2n) is 4.48. The maximum absolute atomic E-state index is 12.0. The van der Waals surface area contributed by atoms with E-state index in [9.17, 15) is 4.79 Å². The van der Waals surface area contributed by atoms with Crippen molar-refractivity contribution in [1.82, 2.24) is 0 Å². The standard InChI is InChI=1S/C15H18O2/c1-3-4-9-17-15(16)14-11(2)10-12-7-5-6-8-13(12)14/h5-8H,3-4,9-10H2,1-2H3. The fraction of sp³-hybridized carbons (Fsp3) is 0.400. The van der Waals surface area contributed by atoms with E-state index < -0.39 is 0 Å². The van der Waals surface area contributed by atoms with E-state index in [-0.39, 0.29) is 5.97 Å². The monoisotopic (exact) mass is 230 g/mol. The Labute approximate surface area is 102 Å². The number of rotatable bonds is 4. The second kappa shape index (κ2) is 5.17. The normalized spacial score (nSPS) is 13.8. The Hall–Kier alpha value is -1.57. The molecule has 0 saturated heterocycles. The molecule has 1 aromatic rings. The molecule has 0 bridgehead atoms. The van der Waals surface area contributed by atoms with Gasteiger partial charge in [-0.05, 0) is 30.9 Å². The van der Waals surface area contributed by atoms with Crippen molar-refractivity contribution in [2.45, 2.75) is 33.1 Å². The molecule has 0 saturated carbocycles. The summed E-state index contributed by atoms with van der Waals surface area (Å²) in [6.45, 7) is 4.62. The molecule has 0 heterocycles. The number of carbonyl (C=O) groups is 1. The average Bonchev–Trinajstić information content (AvgIpc) is 2.65. The maximum atomic E-state index is 12.0. The zero-order valence-electron chi connectivity index (χ0n) is 10.5. The number of benzene rings is 1. The summed E-state index contributed by atoms with van der Waals surface area (Å²) < 4.78 is 5.30. The van der Waals surface area contributed by atoms with Gasteiger partial charge in [0.1, 0.15) is 0 Å². The molecule has 0 amide bonds. The summed E-state index contributed by atoms with van der Waals surface area (Å²) >= 11 is 0. The Morgan fingerprint density at radius 1 is 1.35 bits per heavy atom. The predicted molar refractivity (Wildman–Crippen MR) is 68.6 cm³/mol. The molecule has 2 heteroatoms. The first kappa shape index (κ1) is 11.9. The highest BCUT2D eigenvalue weighted by Gasteiger charge is 2.24. The fourth-order valence-corrected chi connectivity index (χ4v) is 2.19. The average molecular weight is 230 g/mol. The highest BCUT2D eigenvalue weighted by molar-refractivity contribution is 6.19. The van der Waals surface area contributed by atoms with Gasteiger partial charge in [-0.15, -0.1) is 0 Å². The van der Waals surface area contributed by atoms with E-state index in [1.165, 1.54) is 5.56 Å². The molecule has 0 spiro atoms. The van der Waals surface area contributed by atoms with Crippen LogP contribution in [-0.4, -0.2) is 12.6 Å². The molecule has 0 atom stereocenters. The molecular weight excluding hydrogens is 212 g/mol. The lowest BCUT2D eigenvalue weighted by Gasteiger charge is -2.07. The molecule has 0 aromatic heterocycles. The number of unbranched alkanes of at least 4 members (excludes halogenated alkanes) is 1. The minimum atomic E-state index is -0.166. The number of hydrogen-bond donors (Lipinski definition) is 0. The summed E-state index contributed by atoms with van der Waals surface area (Å²) in [7, 11) is 0. The Kier molecular flexibility index (Phi) is 3.62. The van der Waals surface area contributed by atoms with Gasteiger partial charge in [0.15, 0.2) is 0 Å². The van der Waals surface area contributed by atoms with Gasteiger partial charge < -0.3 is 4.74 Å². The summed E-state index contributed by atoms with van der Waals surface area (Å²) in [4.78, 5) is 12.0. The molecular formula is C15H18O2. The largest absolute Gasteiger partial charge is 0.462 e. The predicted octanol–water partition coefficient (Wildman–Crippen LogP) is 3.36. The van der Waals surface area contributed by atoms with E-state index in [4.69, 9.17) is 4.74 Å². The quantitative estimate of drug-likeness (QED) is 0.585. The van der Waals surface area contributed by atoms with Gasteiger partial charge in [0, 0.05) is 0 Å². The van der Waals surface area contributed by atoms with Crippen LogP contribution >= 0.6 is 0 Å². The van der Waals surface area contributed by atoms with E-state index >= 15 is 0 Å². The maximum Gasteiger partial charge on any atom is 0.338 e. The van der Waals surface area contributed by atoms with Crippen molar-refractivity contribution < 1.29 is 9.53 Å². The van der Waals surface area contributed by atoms with Gasteiger partial charge in [0.2, 0.25) is 0 Å². The first-order chi connectivity index (χ1) is 8.24. The minimum absolute atomic E-state index is 0.166. The molecule has 17 heavy (non-hydrogen) atoms. The number of esters is 1. The number of fused-ring (bicyclic) bond motifs is 1. The molecule has 1 aliphatic rings. The van der Waals surface area contributed by atoms with Crippen LogP contribution in [0.2, 0.25) is 0 Å². The van der Waals surface area contributed by atoms with Gasteiger partial charge in [-0.3, -0.25) is 0 Å². The summed E-state index contributed by atoms with van der Waals surface area (Å²) in [5.74, 6) is -0.166. The molecule has 0 radical (unpaired) electrons. The molecule has 90 valence electrons. The first-order valence-electron chi connectivity index (χ1n) is 6.19. The van der Waals surface area contributed by atoms with Crippen molar-refractivity contribution in [3.8, 4) is 0 Å². The van der Waals surface area contributed by atoms with Crippen molar-refractivity contribution >= 4 is 11.5 Å². The summed E-state index contributed by atoms with van der Waals surface area (Å²) in [6, 6.07) is 8.06. The third kappa shape index (κ3) is 2.41. The van der Waals surface area contributed by atoms with Crippen LogP contribution in [0.5, 0.6) is 0 Å². The van der Waals surface area contributed by atoms with Crippen molar-refractivity contribution in [3.05, 3.63) is 41.0 Å². The van der Waals surface area contributed by atoms with Crippen LogP contribution < -0.4 is 0 Å². The van der Waals surface area contributed by atoms with E-state index in [2.05, 4.69) is 13.0 Å². The first-order valence-corrected chi connectivity index (χ1v) is 6.19. The van der Waals surface area contributed by atoms with E-state index in [1.54, 1.807) is 0 Å². The topological polar surface area (TPSA) is 26.3 Å². The fourth-order valence-electron chi connectivity index (χ4n) is 2.19. The highest BCUT2D eigenvalue weighted by Crippen LogP contribution is 2.33. The second-order valence-corrected chi connectivity index (χ2v) is 4.48. The Bertz CT molecular complexity index is 458. The Balaban J connectivity index is 2.15. The molecule has 1 aromatic carbocycles. The van der Waals surface area contributed by atoms with Crippen molar-refractivity contribution in [1.29, 1.82) is 0 Å². The zero-order chi connectivity index (χ0) is 12.3. The smallest absolute Gasteiger partial charge is 0.338 e. The van der Waals surface area contributed by atoms with Crippen LogP contribution in [-0.2, 0) is 16.0 Å². The van der Waals surface area contributed by atoms with E-state index in [1.807, 2.05) is 25.1 Å². The van der Waals surface area contributed by atoms with Crippen LogP contribution in [0.4, 0.5) is 0 Å². The number of allylic oxidation sites excluding steroid dienone is 1. The number of ether oxygens (including phenoxy) is 1. The van der Waals surface area contributed by atoms with Gasteiger partial charge in [0.05, 0.1) is 12.2 Å². The van der Waals surface area contributed by atoms with Crippen LogP contribution in [0, 0.1) is 0 Å². The molecule has 0 aliphatic heterocycles. The number of carbonyl (C=O) groups excluding carboxylic acids is 1. The molecule has 0 fully saturated rings. The molecule has 0 N–H and O–H groups in total. The lowest BCUT2D eigenvalue weighted by Crippen LogP contribution is -2.08. The summed E-state index contributed by atoms with van der Waals surface area (Å²) in [5, 5.41) is 0. The van der Waals surface area contributed by atoms with Crippen LogP contribution in [0.15, 0.2) is 29.8 Å². The van der Waals surface area contributed by atoms with Crippen molar-refractivity contribution in [3.63, 3.8) is 0 Å². The molecule has 0 unspecified atom stereocenters. The third-order valence-corrected chi connectivity index (χ3v) is 3.10. The lowest BCUT2D eigenvalue weighted by molar-refractivity contribution is -0.136. The Morgan fingerprint density at radius 3 is 2.88 bits per heavy atom. The van der Waals surface area contributed by atoms with Gasteiger partial charge in [-0.25, -0.2) is 4.79 Å². The van der Waals surface area contributed by atoms with Crippen molar-refractivity contribution in [2.24, 2.45) is 0 Å². The summed E-state index contributed by atoms with van der Waals surface area (Å²) in [6.07, 6.45) is 2.84.